The van der Waals surface area contributed by atoms with Crippen LogP contribution in [0.3, 0.4) is 0 Å². The highest BCUT2D eigenvalue weighted by molar-refractivity contribution is 7.95. The molecular formula is C23H24O3S. The summed E-state index contributed by atoms with van der Waals surface area (Å²) in [4.78, 5) is 0.771. The van der Waals surface area contributed by atoms with E-state index < -0.39 is 9.84 Å². The number of allylic oxidation sites excluding steroid dienone is 1. The third-order valence-corrected chi connectivity index (χ3v) is 7.28. The predicted molar refractivity (Wildman–Crippen MR) is 108 cm³/mol. The van der Waals surface area contributed by atoms with Gasteiger partial charge in [0.2, 0.25) is 9.84 Å². The van der Waals surface area contributed by atoms with Crippen molar-refractivity contribution in [3.63, 3.8) is 0 Å². The van der Waals surface area contributed by atoms with Gasteiger partial charge in [-0.3, -0.25) is 0 Å². The molecule has 4 rings (SSSR count). The molecule has 2 unspecified atom stereocenters. The van der Waals surface area contributed by atoms with Crippen LogP contribution >= 0.6 is 0 Å². The number of hydrogen-bond donors (Lipinski definition) is 0. The Bertz CT molecular complexity index is 973. The van der Waals surface area contributed by atoms with Crippen LogP contribution in [0.25, 0.3) is 5.76 Å². The van der Waals surface area contributed by atoms with Gasteiger partial charge in [-0.2, -0.15) is 0 Å². The molecule has 3 nitrogen and oxygen atoms in total. The average molecular weight is 381 g/mol. The molecule has 1 aliphatic heterocycles. The molecule has 0 amide bonds. The molecule has 0 radical (unpaired) electrons. The third kappa shape index (κ3) is 3.34. The van der Waals surface area contributed by atoms with Crippen LogP contribution in [0.2, 0.25) is 0 Å². The second-order valence-corrected chi connectivity index (χ2v) is 9.12. The van der Waals surface area contributed by atoms with Crippen molar-refractivity contribution in [1.29, 1.82) is 0 Å². The summed E-state index contributed by atoms with van der Waals surface area (Å²) < 4.78 is 33.3. The zero-order chi connectivity index (χ0) is 18.9. The van der Waals surface area contributed by atoms with E-state index in [4.69, 9.17) is 4.74 Å². The minimum atomic E-state index is -3.61. The van der Waals surface area contributed by atoms with E-state index in [0.717, 1.165) is 31.2 Å². The van der Waals surface area contributed by atoms with Gasteiger partial charge in [0.1, 0.15) is 11.9 Å². The van der Waals surface area contributed by atoms with Gasteiger partial charge in [-0.15, -0.1) is 0 Å². The van der Waals surface area contributed by atoms with Gasteiger partial charge in [0, 0.05) is 11.5 Å². The molecule has 2 aromatic rings. The Hall–Kier alpha value is -2.33. The van der Waals surface area contributed by atoms with Gasteiger partial charge >= 0.3 is 0 Å². The SMILES string of the molecule is CCCCC1=CC2OC(c3ccccc3)=C(S(=O)(=O)c3ccccc3)C2C1. The molecule has 2 aromatic carbocycles. The number of sulfone groups is 1. The normalized spacial score (nSPS) is 21.7. The van der Waals surface area contributed by atoms with Crippen molar-refractivity contribution in [3.05, 3.63) is 82.8 Å². The summed E-state index contributed by atoms with van der Waals surface area (Å²) in [5, 5.41) is 0. The molecule has 0 spiro atoms. The summed E-state index contributed by atoms with van der Waals surface area (Å²) in [7, 11) is -3.61. The lowest BCUT2D eigenvalue weighted by Crippen LogP contribution is -2.16. The molecule has 1 aliphatic carbocycles. The Labute approximate surface area is 161 Å². The molecule has 2 aliphatic rings. The Balaban J connectivity index is 1.78. The molecule has 0 bridgehead atoms. The van der Waals surface area contributed by atoms with E-state index in [2.05, 4.69) is 13.0 Å². The fraction of sp³-hybridized carbons (Fsp3) is 0.304. The van der Waals surface area contributed by atoms with E-state index in [9.17, 15) is 8.42 Å². The van der Waals surface area contributed by atoms with Crippen molar-refractivity contribution in [3.8, 4) is 0 Å². The summed E-state index contributed by atoms with van der Waals surface area (Å²) in [6.45, 7) is 2.17. The first-order valence-corrected chi connectivity index (χ1v) is 11.1. The van der Waals surface area contributed by atoms with Crippen LogP contribution in [0, 0.1) is 5.92 Å². The summed E-state index contributed by atoms with van der Waals surface area (Å²) >= 11 is 0. The van der Waals surface area contributed by atoms with Crippen molar-refractivity contribution >= 4 is 15.6 Å². The first kappa shape index (κ1) is 18.1. The fourth-order valence-corrected chi connectivity index (χ4v) is 5.77. The minimum Gasteiger partial charge on any atom is -0.484 e. The number of hydrogen-bond acceptors (Lipinski definition) is 3. The molecule has 2 atom stereocenters. The third-order valence-electron chi connectivity index (χ3n) is 5.32. The molecule has 4 heteroatoms. The quantitative estimate of drug-likeness (QED) is 0.633. The maximum atomic E-state index is 13.5. The van der Waals surface area contributed by atoms with Crippen molar-refractivity contribution < 1.29 is 13.2 Å². The lowest BCUT2D eigenvalue weighted by molar-refractivity contribution is 0.207. The molecular weight excluding hydrogens is 356 g/mol. The van der Waals surface area contributed by atoms with Gasteiger partial charge in [-0.25, -0.2) is 8.42 Å². The first-order chi connectivity index (χ1) is 13.1. The van der Waals surface area contributed by atoms with E-state index in [1.165, 1.54) is 5.57 Å². The van der Waals surface area contributed by atoms with Crippen molar-refractivity contribution in [2.24, 2.45) is 5.92 Å². The predicted octanol–water partition coefficient (Wildman–Crippen LogP) is 5.36. The van der Waals surface area contributed by atoms with Gasteiger partial charge < -0.3 is 4.74 Å². The van der Waals surface area contributed by atoms with Crippen LogP contribution in [-0.2, 0) is 14.6 Å². The number of unbranched alkanes of at least 4 members (excludes halogenated alkanes) is 1. The highest BCUT2D eigenvalue weighted by atomic mass is 32.2. The summed E-state index contributed by atoms with van der Waals surface area (Å²) in [6, 6.07) is 18.3. The maximum Gasteiger partial charge on any atom is 0.206 e. The van der Waals surface area contributed by atoms with E-state index in [0.29, 0.717) is 15.6 Å². The average Bonchev–Trinajstić information content (AvgIpc) is 3.25. The van der Waals surface area contributed by atoms with Gasteiger partial charge in [0.15, 0.2) is 0 Å². The monoisotopic (exact) mass is 380 g/mol. The molecule has 0 aromatic heterocycles. The van der Waals surface area contributed by atoms with E-state index in [1.807, 2.05) is 36.4 Å². The first-order valence-electron chi connectivity index (χ1n) is 9.57. The smallest absolute Gasteiger partial charge is 0.206 e. The van der Waals surface area contributed by atoms with Crippen LogP contribution in [0.1, 0.15) is 38.2 Å². The van der Waals surface area contributed by atoms with Gasteiger partial charge in [-0.1, -0.05) is 67.4 Å². The Morgan fingerprint density at radius 1 is 1.00 bits per heavy atom. The molecule has 0 saturated carbocycles. The van der Waals surface area contributed by atoms with Crippen molar-refractivity contribution in [2.75, 3.05) is 0 Å². The number of ether oxygens (including phenoxy) is 1. The number of rotatable bonds is 6. The fourth-order valence-electron chi connectivity index (χ4n) is 3.97. The van der Waals surface area contributed by atoms with Crippen molar-refractivity contribution in [2.45, 2.75) is 43.6 Å². The summed E-state index contributed by atoms with van der Waals surface area (Å²) in [5.41, 5.74) is 2.14. The molecule has 0 saturated heterocycles. The largest absolute Gasteiger partial charge is 0.484 e. The van der Waals surface area contributed by atoms with E-state index >= 15 is 0 Å². The van der Waals surface area contributed by atoms with E-state index in [-0.39, 0.29) is 12.0 Å². The topological polar surface area (TPSA) is 43.4 Å². The Morgan fingerprint density at radius 2 is 1.67 bits per heavy atom. The van der Waals surface area contributed by atoms with Gasteiger partial charge in [0.05, 0.1) is 9.80 Å². The van der Waals surface area contributed by atoms with E-state index in [1.54, 1.807) is 24.3 Å². The molecule has 0 N–H and O–H groups in total. The Morgan fingerprint density at radius 3 is 2.33 bits per heavy atom. The Kier molecular flexibility index (Phi) is 4.92. The second kappa shape index (κ2) is 7.35. The zero-order valence-electron chi connectivity index (χ0n) is 15.5. The molecule has 0 fully saturated rings. The molecule has 140 valence electrons. The highest BCUT2D eigenvalue weighted by Crippen LogP contribution is 2.49. The lowest BCUT2D eigenvalue weighted by Gasteiger charge is -2.13. The summed E-state index contributed by atoms with van der Waals surface area (Å²) in [6.07, 6.45) is 6.01. The second-order valence-electron chi connectivity index (χ2n) is 7.20. The van der Waals surface area contributed by atoms with Crippen LogP contribution in [0.4, 0.5) is 0 Å². The standard InChI is InChI=1S/C23H24O3S/c1-2-3-10-17-15-20-21(16-17)26-22(18-11-6-4-7-12-18)23(20)27(24,25)19-13-8-5-9-14-19/h4-9,11-14,16,20-21H,2-3,10,15H2,1H3. The zero-order valence-corrected chi connectivity index (χ0v) is 16.3. The van der Waals surface area contributed by atoms with Crippen LogP contribution in [0.5, 0.6) is 0 Å². The van der Waals surface area contributed by atoms with Crippen LogP contribution in [-0.4, -0.2) is 14.5 Å². The highest BCUT2D eigenvalue weighted by Gasteiger charge is 2.46. The van der Waals surface area contributed by atoms with Gasteiger partial charge in [0.25, 0.3) is 0 Å². The molecule has 27 heavy (non-hydrogen) atoms. The minimum absolute atomic E-state index is 0.128. The maximum absolute atomic E-state index is 13.5. The summed E-state index contributed by atoms with van der Waals surface area (Å²) in [5.74, 6) is 0.387. The lowest BCUT2D eigenvalue weighted by atomic mass is 10.0. The number of fused-ring (bicyclic) bond motifs is 1. The van der Waals surface area contributed by atoms with Crippen LogP contribution in [0.15, 0.2) is 82.1 Å². The van der Waals surface area contributed by atoms with Crippen LogP contribution < -0.4 is 0 Å². The van der Waals surface area contributed by atoms with Gasteiger partial charge in [-0.05, 0) is 37.5 Å². The van der Waals surface area contributed by atoms with Crippen molar-refractivity contribution in [1.82, 2.24) is 0 Å². The number of benzene rings is 2. The molecule has 1 heterocycles.